The molecule has 0 aliphatic carbocycles. The summed E-state index contributed by atoms with van der Waals surface area (Å²) in [6.07, 6.45) is 1.56. The lowest BCUT2D eigenvalue weighted by Crippen LogP contribution is -1.92. The van der Waals surface area contributed by atoms with Crippen LogP contribution in [-0.4, -0.2) is 18.4 Å². The van der Waals surface area contributed by atoms with Crippen molar-refractivity contribution in [2.75, 3.05) is 12.5 Å². The smallest absolute Gasteiger partial charge is 0.138 e. The van der Waals surface area contributed by atoms with Crippen LogP contribution in [0, 0.1) is 0 Å². The van der Waals surface area contributed by atoms with Gasteiger partial charge < -0.3 is 9.84 Å². The quantitative estimate of drug-likeness (QED) is 0.668. The highest BCUT2D eigenvalue weighted by Gasteiger charge is 2.01. The van der Waals surface area contributed by atoms with Crippen molar-refractivity contribution in [3.8, 4) is 11.5 Å². The molecule has 0 amide bonds. The summed E-state index contributed by atoms with van der Waals surface area (Å²) in [7, 11) is 1.61. The Balaban J connectivity index is 2.09. The first-order valence-electron chi connectivity index (χ1n) is 5.61. The first-order valence-corrected chi connectivity index (χ1v) is 6.40. The van der Waals surface area contributed by atoms with Crippen LogP contribution in [0.15, 0.2) is 52.0 Å². The number of halogens is 1. The Morgan fingerprint density at radius 2 is 2.05 bits per heavy atom. The standard InChI is InChI=1S/C14H13BrN2O2/c1-19-12-6-3-5-11(8-12)17-16-9-10-4-2-7-13(15)14(10)18/h2-9,17-18H,1H3. The van der Waals surface area contributed by atoms with Gasteiger partial charge in [0.2, 0.25) is 0 Å². The van der Waals surface area contributed by atoms with Gasteiger partial charge in [-0.3, -0.25) is 5.43 Å². The molecule has 0 saturated carbocycles. The predicted molar refractivity (Wildman–Crippen MR) is 80.0 cm³/mol. The van der Waals surface area contributed by atoms with Crippen LogP contribution in [0.3, 0.4) is 0 Å². The number of rotatable bonds is 4. The normalized spacial score (nSPS) is 10.6. The molecule has 0 fully saturated rings. The number of hydrazone groups is 1. The summed E-state index contributed by atoms with van der Waals surface area (Å²) in [5.41, 5.74) is 4.32. The number of nitrogens with one attached hydrogen (secondary N) is 1. The maximum Gasteiger partial charge on any atom is 0.138 e. The molecule has 19 heavy (non-hydrogen) atoms. The Bertz CT molecular complexity index is 600. The highest BCUT2D eigenvalue weighted by Crippen LogP contribution is 2.26. The molecule has 0 saturated heterocycles. The van der Waals surface area contributed by atoms with E-state index in [1.54, 1.807) is 25.5 Å². The van der Waals surface area contributed by atoms with E-state index in [2.05, 4.69) is 26.5 Å². The first-order chi connectivity index (χ1) is 9.20. The molecule has 0 aliphatic rings. The Hall–Kier alpha value is -2.01. The molecular formula is C14H13BrN2O2. The largest absolute Gasteiger partial charge is 0.506 e. The Kier molecular flexibility index (Phi) is 4.41. The van der Waals surface area contributed by atoms with Crippen LogP contribution in [0.25, 0.3) is 0 Å². The predicted octanol–water partition coefficient (Wildman–Crippen LogP) is 3.61. The van der Waals surface area contributed by atoms with Gasteiger partial charge >= 0.3 is 0 Å². The SMILES string of the molecule is COc1cccc(NN=Cc2cccc(Br)c2O)c1. The average Bonchev–Trinajstić information content (AvgIpc) is 2.44. The third-order valence-electron chi connectivity index (χ3n) is 2.49. The lowest BCUT2D eigenvalue weighted by molar-refractivity contribution is 0.415. The minimum Gasteiger partial charge on any atom is -0.506 e. The summed E-state index contributed by atoms with van der Waals surface area (Å²) >= 11 is 3.25. The minimum absolute atomic E-state index is 0.165. The molecule has 2 aromatic rings. The Morgan fingerprint density at radius 3 is 2.84 bits per heavy atom. The van der Waals surface area contributed by atoms with E-state index in [0.717, 1.165) is 11.4 Å². The number of phenols is 1. The van der Waals surface area contributed by atoms with Crippen molar-refractivity contribution in [3.05, 3.63) is 52.5 Å². The van der Waals surface area contributed by atoms with Crippen LogP contribution in [0.1, 0.15) is 5.56 Å². The molecule has 4 nitrogen and oxygen atoms in total. The third-order valence-corrected chi connectivity index (χ3v) is 3.12. The lowest BCUT2D eigenvalue weighted by atomic mass is 10.2. The number of benzene rings is 2. The number of anilines is 1. The Morgan fingerprint density at radius 1 is 1.26 bits per heavy atom. The van der Waals surface area contributed by atoms with E-state index in [1.807, 2.05) is 30.3 Å². The summed E-state index contributed by atoms with van der Waals surface area (Å²) in [6.45, 7) is 0. The molecule has 0 aliphatic heterocycles. The molecule has 2 aromatic carbocycles. The van der Waals surface area contributed by atoms with Crippen molar-refractivity contribution in [3.63, 3.8) is 0 Å². The van der Waals surface area contributed by atoms with Gasteiger partial charge in [0.15, 0.2) is 0 Å². The number of hydrogen-bond donors (Lipinski definition) is 2. The van der Waals surface area contributed by atoms with Gasteiger partial charge in [-0.05, 0) is 40.2 Å². The van der Waals surface area contributed by atoms with Gasteiger partial charge in [0.25, 0.3) is 0 Å². The molecule has 0 heterocycles. The Labute approximate surface area is 119 Å². The maximum atomic E-state index is 9.79. The van der Waals surface area contributed by atoms with E-state index in [9.17, 15) is 5.11 Å². The van der Waals surface area contributed by atoms with Gasteiger partial charge in [0, 0.05) is 11.6 Å². The molecule has 0 unspecified atom stereocenters. The summed E-state index contributed by atoms with van der Waals surface area (Å²) in [5.74, 6) is 0.921. The fourth-order valence-electron chi connectivity index (χ4n) is 1.51. The second-order valence-electron chi connectivity index (χ2n) is 3.78. The van der Waals surface area contributed by atoms with E-state index in [0.29, 0.717) is 10.0 Å². The van der Waals surface area contributed by atoms with Crippen molar-refractivity contribution in [2.45, 2.75) is 0 Å². The number of aromatic hydroxyl groups is 1. The molecular weight excluding hydrogens is 308 g/mol. The number of ether oxygens (including phenoxy) is 1. The highest BCUT2D eigenvalue weighted by molar-refractivity contribution is 9.10. The number of hydrogen-bond acceptors (Lipinski definition) is 4. The zero-order valence-electron chi connectivity index (χ0n) is 10.3. The summed E-state index contributed by atoms with van der Waals surface area (Å²) in [4.78, 5) is 0. The van der Waals surface area contributed by atoms with Crippen molar-refractivity contribution in [1.29, 1.82) is 0 Å². The number of methoxy groups -OCH3 is 1. The van der Waals surface area contributed by atoms with Crippen LogP contribution < -0.4 is 10.2 Å². The zero-order chi connectivity index (χ0) is 13.7. The van der Waals surface area contributed by atoms with Gasteiger partial charge in [0.05, 0.1) is 23.5 Å². The van der Waals surface area contributed by atoms with Crippen LogP contribution in [-0.2, 0) is 0 Å². The number of para-hydroxylation sites is 1. The van der Waals surface area contributed by atoms with E-state index < -0.39 is 0 Å². The monoisotopic (exact) mass is 320 g/mol. The third kappa shape index (κ3) is 3.48. The maximum absolute atomic E-state index is 9.79. The topological polar surface area (TPSA) is 53.8 Å². The van der Waals surface area contributed by atoms with Gasteiger partial charge in [-0.1, -0.05) is 12.1 Å². The van der Waals surface area contributed by atoms with Gasteiger partial charge in [-0.25, -0.2) is 0 Å². The zero-order valence-corrected chi connectivity index (χ0v) is 11.9. The van der Waals surface area contributed by atoms with Gasteiger partial charge in [-0.15, -0.1) is 0 Å². The van der Waals surface area contributed by atoms with E-state index >= 15 is 0 Å². The van der Waals surface area contributed by atoms with Crippen molar-refractivity contribution in [1.82, 2.24) is 0 Å². The van der Waals surface area contributed by atoms with Crippen molar-refractivity contribution in [2.24, 2.45) is 5.10 Å². The fourth-order valence-corrected chi connectivity index (χ4v) is 1.89. The average molecular weight is 321 g/mol. The molecule has 0 radical (unpaired) electrons. The first kappa shape index (κ1) is 13.4. The summed E-state index contributed by atoms with van der Waals surface area (Å²) < 4.78 is 5.75. The highest BCUT2D eigenvalue weighted by atomic mass is 79.9. The molecule has 0 bridgehead atoms. The molecule has 0 atom stereocenters. The van der Waals surface area contributed by atoms with E-state index in [4.69, 9.17) is 4.74 Å². The van der Waals surface area contributed by atoms with Gasteiger partial charge in [-0.2, -0.15) is 5.10 Å². The summed E-state index contributed by atoms with van der Waals surface area (Å²) in [5, 5.41) is 13.9. The number of phenolic OH excluding ortho intramolecular Hbond substituents is 1. The van der Waals surface area contributed by atoms with Crippen molar-refractivity contribution >= 4 is 27.8 Å². The fraction of sp³-hybridized carbons (Fsp3) is 0.0714. The minimum atomic E-state index is 0.165. The van der Waals surface area contributed by atoms with Crippen LogP contribution in [0.2, 0.25) is 0 Å². The van der Waals surface area contributed by atoms with Crippen LogP contribution in [0.4, 0.5) is 5.69 Å². The van der Waals surface area contributed by atoms with E-state index in [-0.39, 0.29) is 5.75 Å². The van der Waals surface area contributed by atoms with Crippen LogP contribution in [0.5, 0.6) is 11.5 Å². The lowest BCUT2D eigenvalue weighted by Gasteiger charge is -2.04. The molecule has 5 heteroatoms. The second-order valence-corrected chi connectivity index (χ2v) is 4.63. The van der Waals surface area contributed by atoms with Gasteiger partial charge in [0.1, 0.15) is 11.5 Å². The molecule has 0 spiro atoms. The van der Waals surface area contributed by atoms with Crippen molar-refractivity contribution < 1.29 is 9.84 Å². The second kappa shape index (κ2) is 6.24. The van der Waals surface area contributed by atoms with E-state index in [1.165, 1.54) is 0 Å². The summed E-state index contributed by atoms with van der Waals surface area (Å²) in [6, 6.07) is 12.8. The molecule has 0 aromatic heterocycles. The van der Waals surface area contributed by atoms with Crippen LogP contribution >= 0.6 is 15.9 Å². The molecule has 2 rings (SSSR count). The molecule has 2 N–H and O–H groups in total. The number of nitrogens with zero attached hydrogens (tertiary/aromatic N) is 1. The molecule has 98 valence electrons.